The van der Waals surface area contributed by atoms with Crippen LogP contribution in [0.25, 0.3) is 11.3 Å². The summed E-state index contributed by atoms with van der Waals surface area (Å²) in [5.74, 6) is 0.222. The number of anilines is 1. The lowest BCUT2D eigenvalue weighted by Gasteiger charge is -2.14. The van der Waals surface area contributed by atoms with Gasteiger partial charge in [0.05, 0.1) is 28.1 Å². The van der Waals surface area contributed by atoms with Gasteiger partial charge >= 0.3 is 0 Å². The molecule has 11 heteroatoms. The van der Waals surface area contributed by atoms with Crippen LogP contribution < -0.4 is 10.6 Å². The van der Waals surface area contributed by atoms with Crippen LogP contribution in [0.2, 0.25) is 5.02 Å². The van der Waals surface area contributed by atoms with Crippen molar-refractivity contribution >= 4 is 51.6 Å². The number of aromatic nitrogens is 4. The molecule has 0 unspecified atom stereocenters. The fraction of sp³-hybridized carbons (Fsp3) is 0.174. The van der Waals surface area contributed by atoms with Crippen molar-refractivity contribution in [3.05, 3.63) is 76.4 Å². The topological polar surface area (TPSA) is 102 Å². The molecule has 2 heterocycles. The number of nitrogens with zero attached hydrogens (tertiary/aromatic N) is 4. The molecule has 2 N–H and O–H groups in total. The highest BCUT2D eigenvalue weighted by atomic mass is 35.5. The monoisotopic (exact) mass is 512 g/mol. The third kappa shape index (κ3) is 5.64. The molecule has 4 rings (SSSR count). The van der Waals surface area contributed by atoms with Crippen molar-refractivity contribution in [3.8, 4) is 11.3 Å². The molecule has 0 saturated carbocycles. The number of thioether (sulfide) groups is 1. The number of hydrogen-bond donors (Lipinski definition) is 2. The van der Waals surface area contributed by atoms with Gasteiger partial charge in [0, 0.05) is 18.0 Å². The van der Waals surface area contributed by atoms with Gasteiger partial charge in [0.1, 0.15) is 0 Å². The Morgan fingerprint density at radius 1 is 1.12 bits per heavy atom. The lowest BCUT2D eigenvalue weighted by Crippen LogP contribution is -2.28. The summed E-state index contributed by atoms with van der Waals surface area (Å²) in [4.78, 5) is 29.4. The van der Waals surface area contributed by atoms with Crippen molar-refractivity contribution in [2.45, 2.75) is 18.1 Å². The Morgan fingerprint density at radius 3 is 2.62 bits per heavy atom. The molecule has 0 aliphatic heterocycles. The van der Waals surface area contributed by atoms with E-state index < -0.39 is 6.04 Å². The van der Waals surface area contributed by atoms with Crippen molar-refractivity contribution in [1.82, 2.24) is 25.1 Å². The van der Waals surface area contributed by atoms with Crippen molar-refractivity contribution in [2.75, 3.05) is 11.1 Å². The highest BCUT2D eigenvalue weighted by Gasteiger charge is 2.20. The average molecular weight is 513 g/mol. The SMILES string of the molecule is C[C@H](NC(=O)c1ccccc1Cl)c1nnc(SCC(=O)Nc2nc(-c3ccccc3)cs2)n1C. The Bertz CT molecular complexity index is 1310. The third-order valence-electron chi connectivity index (χ3n) is 4.87. The summed E-state index contributed by atoms with van der Waals surface area (Å²) < 4.78 is 1.76. The molecular weight excluding hydrogens is 492 g/mol. The number of halogens is 1. The van der Waals surface area contributed by atoms with Crippen LogP contribution in [-0.4, -0.2) is 37.3 Å². The maximum atomic E-state index is 12.5. The number of thiazole rings is 1. The summed E-state index contributed by atoms with van der Waals surface area (Å²) in [6.07, 6.45) is 0. The van der Waals surface area contributed by atoms with Crippen LogP contribution in [-0.2, 0) is 11.8 Å². The van der Waals surface area contributed by atoms with Gasteiger partial charge in [-0.05, 0) is 19.1 Å². The fourth-order valence-corrected chi connectivity index (χ4v) is 4.85. The molecule has 0 saturated heterocycles. The number of nitrogens with one attached hydrogen (secondary N) is 2. The number of rotatable bonds is 8. The van der Waals surface area contributed by atoms with Gasteiger partial charge in [-0.2, -0.15) is 0 Å². The van der Waals surface area contributed by atoms with Crippen LogP contribution in [0, 0.1) is 0 Å². The second-order valence-corrected chi connectivity index (χ2v) is 9.52. The standard InChI is InChI=1S/C23H21ClN6O2S2/c1-14(25-21(32)16-10-6-7-11-17(16)24)20-28-29-23(30(20)2)34-13-19(31)27-22-26-18(12-33-22)15-8-4-3-5-9-15/h3-12,14H,13H2,1-2H3,(H,25,32)(H,26,27,31)/t14-/m0/s1. The van der Waals surface area contributed by atoms with E-state index in [9.17, 15) is 9.59 Å². The molecule has 2 aromatic carbocycles. The van der Waals surface area contributed by atoms with Crippen LogP contribution in [0.1, 0.15) is 29.1 Å². The minimum Gasteiger partial charge on any atom is -0.342 e. The first-order chi connectivity index (χ1) is 16.4. The molecule has 4 aromatic rings. The molecule has 0 spiro atoms. The zero-order valence-electron chi connectivity index (χ0n) is 18.4. The molecule has 8 nitrogen and oxygen atoms in total. The molecular formula is C23H21ClN6O2S2. The molecule has 0 bridgehead atoms. The van der Waals surface area contributed by atoms with Crippen molar-refractivity contribution < 1.29 is 9.59 Å². The Hall–Kier alpha value is -3.21. The molecule has 0 radical (unpaired) electrons. The summed E-state index contributed by atoms with van der Waals surface area (Å²) >= 11 is 8.74. The lowest BCUT2D eigenvalue weighted by atomic mass is 10.2. The van der Waals surface area contributed by atoms with Gasteiger partial charge in [0.25, 0.3) is 5.91 Å². The fourth-order valence-electron chi connectivity index (χ4n) is 3.17. The first-order valence-corrected chi connectivity index (χ1v) is 12.5. The van der Waals surface area contributed by atoms with Gasteiger partial charge in [0.2, 0.25) is 5.91 Å². The van der Waals surface area contributed by atoms with Gasteiger partial charge in [-0.1, -0.05) is 65.8 Å². The molecule has 174 valence electrons. The quantitative estimate of drug-likeness (QED) is 0.328. The van der Waals surface area contributed by atoms with Crippen LogP contribution >= 0.6 is 34.7 Å². The van der Waals surface area contributed by atoms with Crippen LogP contribution in [0.4, 0.5) is 5.13 Å². The van der Waals surface area contributed by atoms with Gasteiger partial charge < -0.3 is 15.2 Å². The number of amides is 2. The number of carbonyl (C=O) groups is 2. The number of carbonyl (C=O) groups excluding carboxylic acids is 2. The Morgan fingerprint density at radius 2 is 1.85 bits per heavy atom. The van der Waals surface area contributed by atoms with E-state index in [4.69, 9.17) is 11.6 Å². The average Bonchev–Trinajstić information content (AvgIpc) is 3.45. The molecule has 0 fully saturated rings. The van der Waals surface area contributed by atoms with E-state index in [2.05, 4.69) is 25.8 Å². The van der Waals surface area contributed by atoms with E-state index in [1.54, 1.807) is 35.9 Å². The Balaban J connectivity index is 1.32. The zero-order chi connectivity index (χ0) is 24.1. The first kappa shape index (κ1) is 23.9. The van der Waals surface area contributed by atoms with E-state index in [1.807, 2.05) is 42.6 Å². The van der Waals surface area contributed by atoms with E-state index in [0.717, 1.165) is 11.3 Å². The normalized spacial score (nSPS) is 11.7. The van der Waals surface area contributed by atoms with E-state index in [0.29, 0.717) is 26.7 Å². The Kier molecular flexibility index (Phi) is 7.61. The van der Waals surface area contributed by atoms with E-state index >= 15 is 0 Å². The second kappa shape index (κ2) is 10.8. The maximum absolute atomic E-state index is 12.5. The minimum atomic E-state index is -0.406. The summed E-state index contributed by atoms with van der Waals surface area (Å²) in [5.41, 5.74) is 2.21. The molecule has 2 aromatic heterocycles. The summed E-state index contributed by atoms with van der Waals surface area (Å²) in [5, 5.41) is 17.4. The Labute approximate surface area is 209 Å². The number of benzene rings is 2. The van der Waals surface area contributed by atoms with E-state index in [-0.39, 0.29) is 17.6 Å². The van der Waals surface area contributed by atoms with Crippen LogP contribution in [0.5, 0.6) is 0 Å². The zero-order valence-corrected chi connectivity index (χ0v) is 20.7. The van der Waals surface area contributed by atoms with E-state index in [1.165, 1.54) is 23.1 Å². The molecule has 0 aliphatic carbocycles. The molecule has 0 aliphatic rings. The molecule has 2 amide bonds. The molecule has 1 atom stereocenters. The van der Waals surface area contributed by atoms with Crippen molar-refractivity contribution in [2.24, 2.45) is 7.05 Å². The summed E-state index contributed by atoms with van der Waals surface area (Å²) in [6, 6.07) is 16.2. The van der Waals surface area contributed by atoms with Crippen molar-refractivity contribution in [1.29, 1.82) is 0 Å². The third-order valence-corrected chi connectivity index (χ3v) is 6.98. The van der Waals surface area contributed by atoms with Crippen LogP contribution in [0.15, 0.2) is 65.1 Å². The van der Waals surface area contributed by atoms with Gasteiger partial charge in [-0.3, -0.25) is 9.59 Å². The molecule has 34 heavy (non-hydrogen) atoms. The maximum Gasteiger partial charge on any atom is 0.253 e. The summed E-state index contributed by atoms with van der Waals surface area (Å²) in [6.45, 7) is 1.81. The predicted molar refractivity (Wildman–Crippen MR) is 135 cm³/mol. The predicted octanol–water partition coefficient (Wildman–Crippen LogP) is 4.81. The second-order valence-electron chi connectivity index (χ2n) is 7.32. The number of hydrogen-bond acceptors (Lipinski definition) is 7. The van der Waals surface area contributed by atoms with Gasteiger partial charge in [0.15, 0.2) is 16.1 Å². The van der Waals surface area contributed by atoms with Crippen molar-refractivity contribution in [3.63, 3.8) is 0 Å². The largest absolute Gasteiger partial charge is 0.342 e. The highest BCUT2D eigenvalue weighted by Crippen LogP contribution is 2.25. The van der Waals surface area contributed by atoms with Crippen LogP contribution in [0.3, 0.4) is 0 Å². The minimum absolute atomic E-state index is 0.145. The van der Waals surface area contributed by atoms with Gasteiger partial charge in [-0.15, -0.1) is 21.5 Å². The smallest absolute Gasteiger partial charge is 0.253 e. The first-order valence-electron chi connectivity index (χ1n) is 10.3. The highest BCUT2D eigenvalue weighted by molar-refractivity contribution is 7.99. The summed E-state index contributed by atoms with van der Waals surface area (Å²) in [7, 11) is 1.79. The lowest BCUT2D eigenvalue weighted by molar-refractivity contribution is -0.113. The van der Waals surface area contributed by atoms with Gasteiger partial charge in [-0.25, -0.2) is 4.98 Å².